The van der Waals surface area contributed by atoms with E-state index in [1.165, 1.54) is 82.6 Å². The first-order valence-electron chi connectivity index (χ1n) is 19.8. The molecular formula is C39H72N2O5. The summed E-state index contributed by atoms with van der Waals surface area (Å²) in [5.41, 5.74) is 1.45. The van der Waals surface area contributed by atoms with E-state index < -0.39 is 0 Å². The molecule has 1 heterocycles. The molecule has 0 N–H and O–H groups in total. The highest BCUT2D eigenvalue weighted by atomic mass is 16.7. The van der Waals surface area contributed by atoms with Gasteiger partial charge in [0.25, 0.3) is 0 Å². The fourth-order valence-electron chi connectivity index (χ4n) is 6.83. The standard InChI is InChI=1S/C39H72N2O5/c1-5-9-11-13-15-17-27-43-38(44-28-18-16-14-12-10-6-2)25-24-37(34-22-23-34)46-36-30-35(33-20-21-33)31-41(32-36)39(42)45-29-19-26-40(7-3)8-4/h33,35-36,38H,5-32H2,1-4H3. The van der Waals surface area contributed by atoms with Crippen LogP contribution in [0.15, 0.2) is 11.3 Å². The molecule has 46 heavy (non-hydrogen) atoms. The summed E-state index contributed by atoms with van der Waals surface area (Å²) in [6, 6.07) is 0. The lowest BCUT2D eigenvalue weighted by Crippen LogP contribution is -2.48. The van der Waals surface area contributed by atoms with Crippen molar-refractivity contribution in [3.8, 4) is 0 Å². The van der Waals surface area contributed by atoms with Crippen LogP contribution in [0.1, 0.15) is 156 Å². The average Bonchev–Trinajstić information content (AvgIpc) is 3.99. The van der Waals surface area contributed by atoms with E-state index in [0.717, 1.165) is 102 Å². The van der Waals surface area contributed by atoms with Crippen molar-refractivity contribution in [1.82, 2.24) is 9.80 Å². The number of carbonyl (C=O) groups excluding carboxylic acids is 1. The minimum absolute atomic E-state index is 0.0391. The predicted octanol–water partition coefficient (Wildman–Crippen LogP) is 9.88. The summed E-state index contributed by atoms with van der Waals surface area (Å²) < 4.78 is 25.3. The Hall–Kier alpha value is -1.31. The maximum atomic E-state index is 13.1. The third-order valence-corrected chi connectivity index (χ3v) is 10.1. The van der Waals surface area contributed by atoms with Gasteiger partial charge in [-0.25, -0.2) is 4.79 Å². The van der Waals surface area contributed by atoms with Crippen molar-refractivity contribution in [1.29, 1.82) is 0 Å². The maximum absolute atomic E-state index is 13.1. The van der Waals surface area contributed by atoms with Crippen molar-refractivity contribution < 1.29 is 23.7 Å². The van der Waals surface area contributed by atoms with E-state index in [1.54, 1.807) is 0 Å². The fourth-order valence-corrected chi connectivity index (χ4v) is 6.83. The van der Waals surface area contributed by atoms with E-state index in [9.17, 15) is 4.79 Å². The summed E-state index contributed by atoms with van der Waals surface area (Å²) in [7, 11) is 0. The minimum atomic E-state index is -0.169. The van der Waals surface area contributed by atoms with Crippen molar-refractivity contribution in [2.45, 2.75) is 169 Å². The Kier molecular flexibility index (Phi) is 20.4. The van der Waals surface area contributed by atoms with Crippen LogP contribution in [0.2, 0.25) is 0 Å². The monoisotopic (exact) mass is 649 g/mol. The van der Waals surface area contributed by atoms with Crippen molar-refractivity contribution in [3.63, 3.8) is 0 Å². The normalized spacial score (nSPS) is 19.7. The van der Waals surface area contributed by atoms with Crippen LogP contribution in [-0.4, -0.2) is 80.8 Å². The molecule has 0 aromatic rings. The molecule has 0 spiro atoms. The van der Waals surface area contributed by atoms with Crippen LogP contribution >= 0.6 is 0 Å². The largest absolute Gasteiger partial charge is 0.493 e. The van der Waals surface area contributed by atoms with E-state index in [2.05, 4.69) is 32.6 Å². The first-order chi connectivity index (χ1) is 22.6. The molecule has 0 radical (unpaired) electrons. The topological polar surface area (TPSA) is 60.5 Å². The van der Waals surface area contributed by atoms with E-state index in [-0.39, 0.29) is 18.5 Å². The Morgan fingerprint density at radius 2 is 1.37 bits per heavy atom. The van der Waals surface area contributed by atoms with Gasteiger partial charge in [0, 0.05) is 39.1 Å². The Bertz CT molecular complexity index is 803. The molecule has 1 amide bonds. The number of ether oxygens (including phenoxy) is 4. The number of piperidine rings is 1. The van der Waals surface area contributed by atoms with Gasteiger partial charge in [-0.3, -0.25) is 0 Å². The summed E-state index contributed by atoms with van der Waals surface area (Å²) in [4.78, 5) is 17.5. The Balaban J connectivity index is 1.48. The zero-order valence-corrected chi connectivity index (χ0v) is 30.5. The number of rotatable bonds is 28. The van der Waals surface area contributed by atoms with Crippen LogP contribution in [0, 0.1) is 11.8 Å². The number of likely N-dealkylation sites (tertiary alicyclic amines) is 1. The van der Waals surface area contributed by atoms with Gasteiger partial charge in [-0.15, -0.1) is 0 Å². The second-order valence-corrected chi connectivity index (χ2v) is 14.2. The SMILES string of the molecule is CCCCCCCCOC(CCC(OC1CC(C2CC2)CN(C(=O)OCCCN(CC)CC)C1)=C1CC1)OCCCCCCCC. The molecule has 3 aliphatic rings. The number of unbranched alkanes of at least 4 members (excludes halogenated alkanes) is 10. The molecule has 2 saturated carbocycles. The second kappa shape index (κ2) is 23.9. The molecule has 2 atom stereocenters. The molecule has 0 aromatic heterocycles. The molecule has 1 aliphatic heterocycles. The quantitative estimate of drug-likeness (QED) is 0.0478. The summed E-state index contributed by atoms with van der Waals surface area (Å²) in [6.07, 6.45) is 23.3. The summed E-state index contributed by atoms with van der Waals surface area (Å²) in [6.45, 7) is 15.4. The average molecular weight is 649 g/mol. The molecule has 268 valence electrons. The molecule has 0 bridgehead atoms. The number of amides is 1. The highest BCUT2D eigenvalue weighted by molar-refractivity contribution is 5.67. The molecule has 0 aromatic carbocycles. The smallest absolute Gasteiger partial charge is 0.409 e. The van der Waals surface area contributed by atoms with Gasteiger partial charge < -0.3 is 28.7 Å². The van der Waals surface area contributed by atoms with Crippen LogP contribution in [0.5, 0.6) is 0 Å². The lowest BCUT2D eigenvalue weighted by Gasteiger charge is -2.38. The Morgan fingerprint density at radius 3 is 1.93 bits per heavy atom. The van der Waals surface area contributed by atoms with Crippen LogP contribution in [0.4, 0.5) is 4.79 Å². The molecule has 2 aliphatic carbocycles. The molecule has 3 rings (SSSR count). The van der Waals surface area contributed by atoms with Crippen LogP contribution < -0.4 is 0 Å². The van der Waals surface area contributed by atoms with Crippen molar-refractivity contribution >= 4 is 6.09 Å². The Labute approximate surface area is 283 Å². The predicted molar refractivity (Wildman–Crippen MR) is 189 cm³/mol. The lowest BCUT2D eigenvalue weighted by atomic mass is 9.91. The van der Waals surface area contributed by atoms with E-state index in [1.807, 2.05) is 4.90 Å². The highest BCUT2D eigenvalue weighted by Gasteiger charge is 2.40. The van der Waals surface area contributed by atoms with E-state index in [0.29, 0.717) is 19.1 Å². The van der Waals surface area contributed by atoms with Gasteiger partial charge in [-0.1, -0.05) is 91.9 Å². The van der Waals surface area contributed by atoms with Gasteiger partial charge >= 0.3 is 6.09 Å². The molecule has 1 saturated heterocycles. The minimum Gasteiger partial charge on any atom is -0.493 e. The number of allylic oxidation sites excluding steroid dienone is 2. The third kappa shape index (κ3) is 16.7. The third-order valence-electron chi connectivity index (χ3n) is 10.1. The van der Waals surface area contributed by atoms with Crippen LogP contribution in [-0.2, 0) is 18.9 Å². The summed E-state index contributed by atoms with van der Waals surface area (Å²) >= 11 is 0. The second-order valence-electron chi connectivity index (χ2n) is 14.2. The number of carbonyl (C=O) groups is 1. The highest BCUT2D eigenvalue weighted by Crippen LogP contribution is 2.43. The molecule has 2 unspecified atom stereocenters. The maximum Gasteiger partial charge on any atom is 0.409 e. The molecular weight excluding hydrogens is 576 g/mol. The molecule has 3 fully saturated rings. The van der Waals surface area contributed by atoms with Crippen LogP contribution in [0.25, 0.3) is 0 Å². The van der Waals surface area contributed by atoms with Gasteiger partial charge in [0.1, 0.15) is 6.10 Å². The van der Waals surface area contributed by atoms with Gasteiger partial charge in [0.15, 0.2) is 6.29 Å². The fraction of sp³-hybridized carbons (Fsp3) is 0.923. The van der Waals surface area contributed by atoms with E-state index in [4.69, 9.17) is 18.9 Å². The van der Waals surface area contributed by atoms with Crippen molar-refractivity contribution in [3.05, 3.63) is 11.3 Å². The zero-order chi connectivity index (χ0) is 32.8. The zero-order valence-electron chi connectivity index (χ0n) is 30.5. The van der Waals surface area contributed by atoms with Gasteiger partial charge in [0.2, 0.25) is 0 Å². The number of hydrogen-bond donors (Lipinski definition) is 0. The summed E-state index contributed by atoms with van der Waals surface area (Å²) in [5.74, 6) is 2.39. The molecule has 7 heteroatoms. The van der Waals surface area contributed by atoms with Crippen molar-refractivity contribution in [2.24, 2.45) is 11.8 Å². The van der Waals surface area contributed by atoms with Gasteiger partial charge in [-0.05, 0) is 81.9 Å². The van der Waals surface area contributed by atoms with Crippen LogP contribution in [0.3, 0.4) is 0 Å². The lowest BCUT2D eigenvalue weighted by molar-refractivity contribution is -0.148. The Morgan fingerprint density at radius 1 is 0.761 bits per heavy atom. The summed E-state index contributed by atoms with van der Waals surface area (Å²) in [5, 5.41) is 0. The first kappa shape index (κ1) is 39.1. The van der Waals surface area contributed by atoms with E-state index >= 15 is 0 Å². The number of nitrogens with zero attached hydrogens (tertiary/aromatic N) is 2. The molecule has 7 nitrogen and oxygen atoms in total. The van der Waals surface area contributed by atoms with Gasteiger partial charge in [0.05, 0.1) is 18.9 Å². The van der Waals surface area contributed by atoms with Crippen molar-refractivity contribution in [2.75, 3.05) is 52.5 Å². The first-order valence-corrected chi connectivity index (χ1v) is 19.8. The number of hydrogen-bond acceptors (Lipinski definition) is 6. The van der Waals surface area contributed by atoms with Gasteiger partial charge in [-0.2, -0.15) is 0 Å².